The molecule has 2 rings (SSSR count). The van der Waals surface area contributed by atoms with Gasteiger partial charge in [-0.1, -0.05) is 6.07 Å². The fourth-order valence-electron chi connectivity index (χ4n) is 1.34. The van der Waals surface area contributed by atoms with Gasteiger partial charge in [-0.05, 0) is 11.6 Å². The molecule has 2 unspecified atom stereocenters. The van der Waals surface area contributed by atoms with Gasteiger partial charge in [0.1, 0.15) is 6.23 Å². The second-order valence-corrected chi connectivity index (χ2v) is 3.29. The van der Waals surface area contributed by atoms with Crippen molar-refractivity contribution >= 4 is 0 Å². The average molecular weight is 194 g/mol. The van der Waals surface area contributed by atoms with Gasteiger partial charge >= 0.3 is 0 Å². The van der Waals surface area contributed by atoms with E-state index in [0.29, 0.717) is 6.61 Å². The molecule has 0 bridgehead atoms. The summed E-state index contributed by atoms with van der Waals surface area (Å²) in [7, 11) is 0. The third-order valence-electron chi connectivity index (χ3n) is 2.07. The third-order valence-corrected chi connectivity index (χ3v) is 2.07. The van der Waals surface area contributed by atoms with Crippen LogP contribution in [0.3, 0.4) is 0 Å². The largest absolute Gasteiger partial charge is 0.357 e. The highest BCUT2D eigenvalue weighted by molar-refractivity contribution is 5.06. The van der Waals surface area contributed by atoms with Crippen LogP contribution >= 0.6 is 0 Å². The number of rotatable bonds is 3. The van der Waals surface area contributed by atoms with Crippen LogP contribution in [0.25, 0.3) is 0 Å². The summed E-state index contributed by atoms with van der Waals surface area (Å²) < 4.78 is 5.57. The molecule has 2 atom stereocenters. The molecule has 14 heavy (non-hydrogen) atoms. The van der Waals surface area contributed by atoms with E-state index >= 15 is 0 Å². The Balaban J connectivity index is 1.78. The maximum Gasteiger partial charge on any atom is 0.123 e. The van der Waals surface area contributed by atoms with Crippen LogP contribution in [0.15, 0.2) is 24.5 Å². The van der Waals surface area contributed by atoms with Gasteiger partial charge in [-0.2, -0.15) is 0 Å². The lowest BCUT2D eigenvalue weighted by atomic mass is 10.3. The van der Waals surface area contributed by atoms with E-state index < -0.39 is 0 Å². The summed E-state index contributed by atoms with van der Waals surface area (Å²) in [5.41, 5.74) is 12.5. The lowest BCUT2D eigenvalue weighted by Gasteiger charge is -2.10. The quantitative estimate of drug-likeness (QED) is 0.616. The summed E-state index contributed by atoms with van der Waals surface area (Å²) in [5, 5.41) is 0. The predicted molar refractivity (Wildman–Crippen MR) is 51.7 cm³/mol. The minimum absolute atomic E-state index is 0.00907. The van der Waals surface area contributed by atoms with Crippen LogP contribution in [0.1, 0.15) is 12.0 Å². The molecule has 1 fully saturated rings. The van der Waals surface area contributed by atoms with Crippen molar-refractivity contribution in [3.63, 3.8) is 0 Å². The summed E-state index contributed by atoms with van der Waals surface area (Å²) in [6.45, 7) is 0.555. The Morgan fingerprint density at radius 3 is 3.14 bits per heavy atom. The van der Waals surface area contributed by atoms with Gasteiger partial charge in [0.05, 0.1) is 12.8 Å². The molecule has 5 heteroatoms. The smallest absolute Gasteiger partial charge is 0.123 e. The Morgan fingerprint density at radius 2 is 2.50 bits per heavy atom. The molecule has 0 aliphatic carbocycles. The lowest BCUT2D eigenvalue weighted by molar-refractivity contribution is 0.0268. The molecule has 0 radical (unpaired) electrons. The summed E-state index contributed by atoms with van der Waals surface area (Å²) in [6, 6.07) is 3.88. The molecule has 0 amide bonds. The predicted octanol–water partition coefficient (Wildman–Crippen LogP) is -0.293. The number of hydrogen-bond acceptors (Lipinski definition) is 5. The Morgan fingerprint density at radius 1 is 1.57 bits per heavy atom. The van der Waals surface area contributed by atoms with E-state index in [0.717, 1.165) is 12.0 Å². The highest BCUT2D eigenvalue weighted by Gasteiger charge is 2.20. The van der Waals surface area contributed by atoms with E-state index in [4.69, 9.17) is 10.5 Å². The molecule has 2 heterocycles. The molecule has 1 aliphatic heterocycles. The van der Waals surface area contributed by atoms with E-state index in [2.05, 4.69) is 15.8 Å². The molecule has 0 saturated carbocycles. The number of nitrogens with zero attached hydrogens (tertiary/aromatic N) is 1. The van der Waals surface area contributed by atoms with Crippen LogP contribution in [0.4, 0.5) is 0 Å². The van der Waals surface area contributed by atoms with Crippen molar-refractivity contribution in [1.82, 2.24) is 15.8 Å². The first-order valence-electron chi connectivity index (χ1n) is 4.62. The van der Waals surface area contributed by atoms with Gasteiger partial charge in [0.15, 0.2) is 0 Å². The number of hydrogen-bond donors (Lipinski definition) is 3. The molecule has 1 aromatic heterocycles. The van der Waals surface area contributed by atoms with Crippen molar-refractivity contribution in [2.75, 3.05) is 0 Å². The minimum atomic E-state index is -0.0195. The van der Waals surface area contributed by atoms with Crippen molar-refractivity contribution in [3.05, 3.63) is 30.1 Å². The van der Waals surface area contributed by atoms with E-state index in [1.165, 1.54) is 0 Å². The molecule has 5 nitrogen and oxygen atoms in total. The molecular formula is C9H14N4O. The van der Waals surface area contributed by atoms with Crippen LogP contribution in [0, 0.1) is 0 Å². The Labute approximate surface area is 82.6 Å². The second-order valence-electron chi connectivity index (χ2n) is 3.29. The molecule has 1 saturated heterocycles. The highest BCUT2D eigenvalue weighted by atomic mass is 16.5. The first-order chi connectivity index (χ1) is 6.84. The van der Waals surface area contributed by atoms with Crippen LogP contribution in [0.5, 0.6) is 0 Å². The van der Waals surface area contributed by atoms with Gasteiger partial charge in [0.25, 0.3) is 0 Å². The van der Waals surface area contributed by atoms with E-state index in [9.17, 15) is 0 Å². The van der Waals surface area contributed by atoms with Crippen LogP contribution in [-0.4, -0.2) is 17.4 Å². The topological polar surface area (TPSA) is 72.2 Å². The zero-order valence-electron chi connectivity index (χ0n) is 7.81. The van der Waals surface area contributed by atoms with Crippen LogP contribution < -0.4 is 16.6 Å². The first kappa shape index (κ1) is 9.54. The van der Waals surface area contributed by atoms with Crippen molar-refractivity contribution in [2.45, 2.75) is 25.4 Å². The Bertz CT molecular complexity index is 279. The van der Waals surface area contributed by atoms with Crippen molar-refractivity contribution in [2.24, 2.45) is 5.73 Å². The van der Waals surface area contributed by atoms with Gasteiger partial charge in [-0.25, -0.2) is 10.9 Å². The SMILES string of the molecule is NC1CC(OCc2cccnc2)NN1. The summed E-state index contributed by atoms with van der Waals surface area (Å²) >= 11 is 0. The number of ether oxygens (including phenoxy) is 1. The maximum atomic E-state index is 5.63. The summed E-state index contributed by atoms with van der Waals surface area (Å²) in [6.07, 6.45) is 4.29. The van der Waals surface area contributed by atoms with Gasteiger partial charge in [-0.3, -0.25) is 4.98 Å². The molecule has 1 aliphatic rings. The van der Waals surface area contributed by atoms with Gasteiger partial charge in [-0.15, -0.1) is 0 Å². The minimum Gasteiger partial charge on any atom is -0.357 e. The lowest BCUT2D eigenvalue weighted by Crippen LogP contribution is -2.38. The number of nitrogens with two attached hydrogens (primary N) is 1. The van der Waals surface area contributed by atoms with Gasteiger partial charge < -0.3 is 10.5 Å². The monoisotopic (exact) mass is 194 g/mol. The Kier molecular flexibility index (Phi) is 3.05. The van der Waals surface area contributed by atoms with E-state index in [1.54, 1.807) is 12.4 Å². The number of aromatic nitrogens is 1. The fraction of sp³-hybridized carbons (Fsp3) is 0.444. The Hall–Kier alpha value is -1.01. The number of hydrazine groups is 1. The average Bonchev–Trinajstić information content (AvgIpc) is 2.63. The molecule has 0 spiro atoms. The summed E-state index contributed by atoms with van der Waals surface area (Å²) in [5.74, 6) is 0. The van der Waals surface area contributed by atoms with Crippen LogP contribution in [-0.2, 0) is 11.3 Å². The number of pyridine rings is 1. The molecular weight excluding hydrogens is 180 g/mol. The zero-order chi connectivity index (χ0) is 9.80. The van der Waals surface area contributed by atoms with Crippen molar-refractivity contribution in [3.8, 4) is 0 Å². The molecule has 0 aromatic carbocycles. The van der Waals surface area contributed by atoms with Gasteiger partial charge in [0.2, 0.25) is 0 Å². The van der Waals surface area contributed by atoms with E-state index in [1.807, 2.05) is 12.1 Å². The third kappa shape index (κ3) is 2.49. The van der Waals surface area contributed by atoms with Crippen molar-refractivity contribution in [1.29, 1.82) is 0 Å². The van der Waals surface area contributed by atoms with E-state index in [-0.39, 0.29) is 12.4 Å². The molecule has 1 aromatic rings. The van der Waals surface area contributed by atoms with Crippen molar-refractivity contribution < 1.29 is 4.74 Å². The molecule has 76 valence electrons. The fourth-order valence-corrected chi connectivity index (χ4v) is 1.34. The standard InChI is InChI=1S/C9H14N4O/c10-8-4-9(13-12-8)14-6-7-2-1-3-11-5-7/h1-3,5,8-9,12-13H,4,6,10H2. The summed E-state index contributed by atoms with van der Waals surface area (Å²) in [4.78, 5) is 4.00. The van der Waals surface area contributed by atoms with Crippen LogP contribution in [0.2, 0.25) is 0 Å². The zero-order valence-corrected chi connectivity index (χ0v) is 7.81. The number of nitrogens with one attached hydrogen (secondary N) is 2. The second kappa shape index (κ2) is 4.47. The van der Waals surface area contributed by atoms with Gasteiger partial charge in [0, 0.05) is 18.8 Å². The first-order valence-corrected chi connectivity index (χ1v) is 4.62. The molecule has 4 N–H and O–H groups in total. The maximum absolute atomic E-state index is 5.63. The normalized spacial score (nSPS) is 26.6. The highest BCUT2D eigenvalue weighted by Crippen LogP contribution is 2.06.